The van der Waals surface area contributed by atoms with Crippen molar-refractivity contribution in [3.8, 4) is 6.01 Å². The van der Waals surface area contributed by atoms with Crippen molar-refractivity contribution in [2.24, 2.45) is 0 Å². The number of hydrogen-bond acceptors (Lipinski definition) is 9. The average Bonchev–Trinajstić information content (AvgIpc) is 3.76. The summed E-state index contributed by atoms with van der Waals surface area (Å²) in [5, 5.41) is 6.77. The number of rotatable bonds is 10. The number of cyclic esters (lactones) is 1. The largest absolute Gasteiger partial charge is 0.467 e. The van der Waals surface area contributed by atoms with Crippen LogP contribution in [0.5, 0.6) is 6.01 Å². The van der Waals surface area contributed by atoms with E-state index in [1.54, 1.807) is 19.3 Å². The highest BCUT2D eigenvalue weighted by atomic mass is 35.5. The molecule has 1 aliphatic carbocycles. The van der Waals surface area contributed by atoms with E-state index in [-0.39, 0.29) is 35.6 Å². The number of morpholine rings is 1. The third-order valence-corrected chi connectivity index (χ3v) is 6.87. The Labute approximate surface area is 235 Å². The van der Waals surface area contributed by atoms with Crippen molar-refractivity contribution in [3.63, 3.8) is 0 Å². The number of aromatic nitrogens is 2. The van der Waals surface area contributed by atoms with Gasteiger partial charge in [0.1, 0.15) is 17.7 Å². The van der Waals surface area contributed by atoms with Gasteiger partial charge in [-0.2, -0.15) is 9.97 Å². The summed E-state index contributed by atoms with van der Waals surface area (Å²) in [5.41, 5.74) is 2.80. The molecule has 40 heavy (non-hydrogen) atoms. The number of esters is 1. The topological polar surface area (TPSA) is 115 Å². The van der Waals surface area contributed by atoms with Crippen molar-refractivity contribution in [2.75, 3.05) is 51.1 Å². The lowest BCUT2D eigenvalue weighted by Crippen LogP contribution is -2.47. The molecule has 1 amide bonds. The molecule has 0 unspecified atom stereocenters. The fourth-order valence-electron chi connectivity index (χ4n) is 4.60. The Kier molecular flexibility index (Phi) is 8.43. The fraction of sp³-hybridized carbons (Fsp3) is 0.357. The molecule has 2 aliphatic rings. The molecule has 1 saturated heterocycles. The fourth-order valence-corrected chi connectivity index (χ4v) is 4.78. The van der Waals surface area contributed by atoms with Gasteiger partial charge in [-0.25, -0.2) is 4.39 Å². The summed E-state index contributed by atoms with van der Waals surface area (Å²) in [6.45, 7) is 1.42. The minimum absolute atomic E-state index is 0.0262. The number of nitrogens with one attached hydrogen (secondary N) is 2. The third-order valence-electron chi connectivity index (χ3n) is 6.58. The number of halogens is 2. The summed E-state index contributed by atoms with van der Waals surface area (Å²) < 4.78 is 29.3. The van der Waals surface area contributed by atoms with E-state index < -0.39 is 5.82 Å². The molecule has 5 rings (SSSR count). The molecule has 0 spiro atoms. The minimum Gasteiger partial charge on any atom is -0.467 e. The van der Waals surface area contributed by atoms with E-state index in [2.05, 4.69) is 20.6 Å². The van der Waals surface area contributed by atoms with E-state index in [4.69, 9.17) is 25.8 Å². The van der Waals surface area contributed by atoms with Crippen LogP contribution in [0.2, 0.25) is 5.02 Å². The van der Waals surface area contributed by atoms with Gasteiger partial charge in [-0.1, -0.05) is 17.7 Å². The number of carbonyl (C=O) groups excluding carboxylic acids is 2. The summed E-state index contributed by atoms with van der Waals surface area (Å²) in [7, 11) is 3.03. The van der Waals surface area contributed by atoms with Gasteiger partial charge < -0.3 is 24.8 Å². The molecule has 3 aromatic rings. The number of benzene rings is 2. The maximum absolute atomic E-state index is 13.7. The van der Waals surface area contributed by atoms with Crippen LogP contribution in [0.25, 0.3) is 10.9 Å². The SMILES string of the molecule is COC[C@H]1CN(CC=CC(=O)Nc2cc3c(Nc4ccc(F)c(Cl)c4)nc(OC)nc3cc2C2CC2)CC(=O)O1. The minimum atomic E-state index is -0.528. The first kappa shape index (κ1) is 27.8. The molecule has 1 saturated carbocycles. The normalized spacial score (nSPS) is 17.7. The average molecular weight is 570 g/mol. The number of ether oxygens (including phenoxy) is 3. The second-order valence-electron chi connectivity index (χ2n) is 9.70. The Morgan fingerprint density at radius 1 is 1.25 bits per heavy atom. The molecule has 2 fully saturated rings. The predicted molar refractivity (Wildman–Crippen MR) is 149 cm³/mol. The zero-order valence-corrected chi connectivity index (χ0v) is 22.8. The smallest absolute Gasteiger partial charge is 0.320 e. The molecule has 2 aromatic carbocycles. The molecule has 1 atom stereocenters. The van der Waals surface area contributed by atoms with Crippen molar-refractivity contribution < 1.29 is 28.2 Å². The molecule has 12 heteroatoms. The third kappa shape index (κ3) is 6.67. The van der Waals surface area contributed by atoms with Crippen molar-refractivity contribution in [1.29, 1.82) is 0 Å². The van der Waals surface area contributed by atoms with E-state index in [1.165, 1.54) is 25.3 Å². The molecule has 2 heterocycles. The first-order valence-corrected chi connectivity index (χ1v) is 13.2. The zero-order valence-electron chi connectivity index (χ0n) is 22.1. The summed E-state index contributed by atoms with van der Waals surface area (Å²) in [5.74, 6) is -0.417. The molecule has 10 nitrogen and oxygen atoms in total. The van der Waals surface area contributed by atoms with Gasteiger partial charge in [0.05, 0.1) is 30.8 Å². The number of anilines is 3. The molecule has 0 bridgehead atoms. The van der Waals surface area contributed by atoms with Gasteiger partial charge in [0.15, 0.2) is 0 Å². The second-order valence-corrected chi connectivity index (χ2v) is 10.1. The van der Waals surface area contributed by atoms with Gasteiger partial charge >= 0.3 is 12.0 Å². The summed E-state index contributed by atoms with van der Waals surface area (Å²) >= 11 is 5.96. The first-order valence-electron chi connectivity index (χ1n) is 12.8. The highest BCUT2D eigenvalue weighted by Crippen LogP contribution is 2.45. The zero-order chi connectivity index (χ0) is 28.2. The standard InChI is InChI=1S/C28H29ClFN5O5/c1-38-15-18-13-35(14-26(37)40-18)9-3-4-25(36)32-23-12-20-24(11-19(23)16-5-6-16)33-28(39-2)34-27(20)31-17-7-8-22(30)21(29)10-17/h3-4,7-8,10-12,16,18H,5-6,9,13-15H2,1-2H3,(H,32,36)(H,31,33,34)/t18-/m1/s1. The van der Waals surface area contributed by atoms with Crippen LogP contribution in [0.4, 0.5) is 21.6 Å². The second kappa shape index (κ2) is 12.2. The maximum atomic E-state index is 13.7. The summed E-state index contributed by atoms with van der Waals surface area (Å²) in [6, 6.07) is 8.21. The highest BCUT2D eigenvalue weighted by Gasteiger charge is 2.28. The first-order chi connectivity index (χ1) is 19.3. The Bertz CT molecular complexity index is 1460. The van der Waals surface area contributed by atoms with Gasteiger partial charge in [0, 0.05) is 43.0 Å². The van der Waals surface area contributed by atoms with Crippen LogP contribution in [0.15, 0.2) is 42.5 Å². The lowest BCUT2D eigenvalue weighted by atomic mass is 10.0. The Morgan fingerprint density at radius 3 is 2.80 bits per heavy atom. The Balaban J connectivity index is 1.37. The van der Waals surface area contributed by atoms with Crippen molar-refractivity contribution >= 4 is 51.6 Å². The van der Waals surface area contributed by atoms with Crippen molar-refractivity contribution in [2.45, 2.75) is 24.9 Å². The van der Waals surface area contributed by atoms with E-state index >= 15 is 0 Å². The molecule has 0 radical (unpaired) electrons. The number of fused-ring (bicyclic) bond motifs is 1. The molecule has 210 valence electrons. The summed E-state index contributed by atoms with van der Waals surface area (Å²) in [6.07, 6.45) is 4.87. The van der Waals surface area contributed by atoms with Gasteiger partial charge in [-0.15, -0.1) is 0 Å². The Hall–Kier alpha value is -3.80. The van der Waals surface area contributed by atoms with Gasteiger partial charge in [0.2, 0.25) is 5.91 Å². The van der Waals surface area contributed by atoms with Crippen LogP contribution in [-0.2, 0) is 19.1 Å². The van der Waals surface area contributed by atoms with E-state index in [0.717, 1.165) is 18.4 Å². The van der Waals surface area contributed by atoms with Crippen LogP contribution in [0.3, 0.4) is 0 Å². The van der Waals surface area contributed by atoms with E-state index in [9.17, 15) is 14.0 Å². The maximum Gasteiger partial charge on any atom is 0.320 e. The van der Waals surface area contributed by atoms with Crippen LogP contribution in [0.1, 0.15) is 24.3 Å². The lowest BCUT2D eigenvalue weighted by Gasteiger charge is -2.30. The number of amides is 1. The van der Waals surface area contributed by atoms with Crippen molar-refractivity contribution in [1.82, 2.24) is 14.9 Å². The number of methoxy groups -OCH3 is 2. The van der Waals surface area contributed by atoms with Gasteiger partial charge in [-0.3, -0.25) is 14.5 Å². The van der Waals surface area contributed by atoms with Crippen molar-refractivity contribution in [3.05, 3.63) is 58.9 Å². The van der Waals surface area contributed by atoms with Crippen LogP contribution in [-0.4, -0.2) is 73.3 Å². The van der Waals surface area contributed by atoms with Crippen LogP contribution in [0, 0.1) is 5.82 Å². The lowest BCUT2D eigenvalue weighted by molar-refractivity contribution is -0.161. The number of hydrogen-bond donors (Lipinski definition) is 2. The van der Waals surface area contributed by atoms with Crippen LogP contribution >= 0.6 is 11.6 Å². The molecular formula is C28H29ClFN5O5. The van der Waals surface area contributed by atoms with Gasteiger partial charge in [0.25, 0.3) is 0 Å². The Morgan fingerprint density at radius 2 is 2.08 bits per heavy atom. The monoisotopic (exact) mass is 569 g/mol. The van der Waals surface area contributed by atoms with Crippen LogP contribution < -0.4 is 15.4 Å². The molecule has 1 aliphatic heterocycles. The van der Waals surface area contributed by atoms with Gasteiger partial charge in [-0.05, 0) is 54.7 Å². The predicted octanol–water partition coefficient (Wildman–Crippen LogP) is 4.42. The summed E-state index contributed by atoms with van der Waals surface area (Å²) in [4.78, 5) is 35.6. The highest BCUT2D eigenvalue weighted by molar-refractivity contribution is 6.31. The molecule has 2 N–H and O–H groups in total. The van der Waals surface area contributed by atoms with E-state index in [1.807, 2.05) is 17.0 Å². The molecular weight excluding hydrogens is 541 g/mol. The number of carbonyl (C=O) groups is 2. The quantitative estimate of drug-likeness (QED) is 0.270. The molecule has 1 aromatic heterocycles. The number of nitrogens with zero attached hydrogens (tertiary/aromatic N) is 3. The van der Waals surface area contributed by atoms with E-state index in [0.29, 0.717) is 53.7 Å².